The first-order valence-corrected chi connectivity index (χ1v) is 6.93. The molecule has 1 aromatic rings. The minimum atomic E-state index is -4.43. The molecule has 3 nitrogen and oxygen atoms in total. The number of carbonyl (C=O) groups excluding carboxylic acids is 1. The third-order valence-corrected chi connectivity index (χ3v) is 2.91. The fraction of sp³-hybridized carbons (Fsp3) is 0.438. The van der Waals surface area contributed by atoms with E-state index < -0.39 is 17.6 Å². The van der Waals surface area contributed by atoms with Crippen molar-refractivity contribution >= 4 is 6.47 Å². The maximum Gasteiger partial charge on any atom is 0.416 e. The van der Waals surface area contributed by atoms with Crippen molar-refractivity contribution in [3.63, 3.8) is 0 Å². The predicted octanol–water partition coefficient (Wildman–Crippen LogP) is 4.00. The molecule has 1 aliphatic rings. The lowest BCUT2D eigenvalue weighted by Crippen LogP contribution is -2.17. The number of nitrogens with one attached hydrogen (secondary N) is 1. The molecule has 1 aromatic carbocycles. The van der Waals surface area contributed by atoms with E-state index in [0.29, 0.717) is 13.0 Å². The summed E-state index contributed by atoms with van der Waals surface area (Å²) in [6.07, 6.45) is -1.17. The Balaban J connectivity index is 0.000000322. The summed E-state index contributed by atoms with van der Waals surface area (Å²) in [7, 11) is 0. The molecule has 1 heterocycles. The van der Waals surface area contributed by atoms with Crippen molar-refractivity contribution in [3.8, 4) is 0 Å². The molecular formula is C16H19F4NO2. The summed E-state index contributed by atoms with van der Waals surface area (Å²) in [5.74, 6) is -0.936. The van der Waals surface area contributed by atoms with Crippen LogP contribution in [0.2, 0.25) is 0 Å². The van der Waals surface area contributed by atoms with Crippen molar-refractivity contribution in [2.24, 2.45) is 0 Å². The topological polar surface area (TPSA) is 38.3 Å². The van der Waals surface area contributed by atoms with Crippen LogP contribution in [0.5, 0.6) is 0 Å². The van der Waals surface area contributed by atoms with Crippen LogP contribution in [0, 0.1) is 5.82 Å². The zero-order valence-corrected chi connectivity index (χ0v) is 13.1. The second kappa shape index (κ2) is 7.48. The van der Waals surface area contributed by atoms with Crippen LogP contribution in [-0.4, -0.2) is 18.6 Å². The quantitative estimate of drug-likeness (QED) is 0.657. The maximum atomic E-state index is 13.4. The second-order valence-corrected chi connectivity index (χ2v) is 5.93. The van der Waals surface area contributed by atoms with E-state index in [1.807, 2.05) is 20.8 Å². The van der Waals surface area contributed by atoms with Gasteiger partial charge in [0.1, 0.15) is 11.4 Å². The number of hydrogen-bond donors (Lipinski definition) is 1. The Morgan fingerprint density at radius 2 is 1.91 bits per heavy atom. The van der Waals surface area contributed by atoms with Crippen molar-refractivity contribution in [1.29, 1.82) is 0 Å². The Morgan fingerprint density at radius 1 is 1.26 bits per heavy atom. The molecule has 0 fully saturated rings. The van der Waals surface area contributed by atoms with Gasteiger partial charge in [-0.1, -0.05) is 6.08 Å². The van der Waals surface area contributed by atoms with Gasteiger partial charge in [-0.25, -0.2) is 4.39 Å². The molecule has 1 aliphatic heterocycles. The molecule has 23 heavy (non-hydrogen) atoms. The third-order valence-electron chi connectivity index (χ3n) is 2.91. The average molecular weight is 333 g/mol. The molecule has 0 bridgehead atoms. The van der Waals surface area contributed by atoms with E-state index in [4.69, 9.17) is 0 Å². The van der Waals surface area contributed by atoms with Gasteiger partial charge in [0.2, 0.25) is 0 Å². The number of ether oxygens (including phenoxy) is 1. The number of benzene rings is 1. The van der Waals surface area contributed by atoms with Gasteiger partial charge in [0.25, 0.3) is 6.47 Å². The minimum absolute atomic E-state index is 0.0797. The molecule has 0 aliphatic carbocycles. The zero-order valence-electron chi connectivity index (χ0n) is 13.1. The van der Waals surface area contributed by atoms with Gasteiger partial charge in [-0.2, -0.15) is 13.2 Å². The van der Waals surface area contributed by atoms with Crippen LogP contribution in [0.4, 0.5) is 17.6 Å². The van der Waals surface area contributed by atoms with Crippen molar-refractivity contribution in [3.05, 3.63) is 47.4 Å². The Labute approximate surface area is 132 Å². The highest BCUT2D eigenvalue weighted by Crippen LogP contribution is 2.33. The number of carbonyl (C=O) groups is 1. The van der Waals surface area contributed by atoms with E-state index in [2.05, 4.69) is 10.1 Å². The van der Waals surface area contributed by atoms with Crippen LogP contribution < -0.4 is 5.32 Å². The maximum absolute atomic E-state index is 13.4. The van der Waals surface area contributed by atoms with Crippen LogP contribution in [0.15, 0.2) is 30.5 Å². The van der Waals surface area contributed by atoms with Gasteiger partial charge < -0.3 is 10.1 Å². The summed E-state index contributed by atoms with van der Waals surface area (Å²) < 4.78 is 55.2. The Morgan fingerprint density at radius 3 is 2.30 bits per heavy atom. The first-order valence-electron chi connectivity index (χ1n) is 6.93. The lowest BCUT2D eigenvalue weighted by molar-refractivity contribution is -0.139. The van der Waals surface area contributed by atoms with Crippen LogP contribution in [0.1, 0.15) is 37.8 Å². The molecule has 1 atom stereocenters. The number of halogens is 4. The molecule has 1 N–H and O–H groups in total. The summed E-state index contributed by atoms with van der Waals surface area (Å²) in [6, 6.07) is 2.49. The average Bonchev–Trinajstić information content (AvgIpc) is 2.90. The molecule has 2 rings (SSSR count). The van der Waals surface area contributed by atoms with Crippen LogP contribution in [0.3, 0.4) is 0 Å². The van der Waals surface area contributed by atoms with Crippen molar-refractivity contribution in [2.75, 3.05) is 6.54 Å². The SMILES string of the molecule is CC(C)(C)OC=O.Fc1ccc(C(F)(F)F)cc1C1C=CNC1. The van der Waals surface area contributed by atoms with E-state index in [1.54, 1.807) is 12.3 Å². The molecule has 0 saturated heterocycles. The molecule has 0 spiro atoms. The van der Waals surface area contributed by atoms with Crippen LogP contribution in [-0.2, 0) is 15.7 Å². The molecule has 0 aromatic heterocycles. The normalized spacial score (nSPS) is 17.1. The van der Waals surface area contributed by atoms with Gasteiger partial charge in [-0.3, -0.25) is 4.79 Å². The van der Waals surface area contributed by atoms with Crippen molar-refractivity contribution < 1.29 is 27.1 Å². The van der Waals surface area contributed by atoms with Gasteiger partial charge in [-0.15, -0.1) is 0 Å². The van der Waals surface area contributed by atoms with Gasteiger partial charge in [0.05, 0.1) is 5.56 Å². The first-order chi connectivity index (χ1) is 10.5. The van der Waals surface area contributed by atoms with E-state index in [-0.39, 0.29) is 17.1 Å². The summed E-state index contributed by atoms with van der Waals surface area (Å²) in [5, 5.41) is 2.83. The molecule has 7 heteroatoms. The molecule has 1 unspecified atom stereocenters. The fourth-order valence-electron chi connectivity index (χ4n) is 1.81. The summed E-state index contributed by atoms with van der Waals surface area (Å²) in [5.41, 5.74) is -1.05. The fourth-order valence-corrected chi connectivity index (χ4v) is 1.81. The number of hydrogen-bond acceptors (Lipinski definition) is 3. The highest BCUT2D eigenvalue weighted by molar-refractivity contribution is 5.37. The Hall–Kier alpha value is -2.05. The number of rotatable bonds is 2. The first kappa shape index (κ1) is 19.0. The zero-order chi connectivity index (χ0) is 17.7. The standard InChI is InChI=1S/C11H9F4N.C5H10O2/c12-10-2-1-8(11(13,14)15)5-9(10)7-3-4-16-6-7;1-5(2,3)7-4-6/h1-5,7,16H,6H2;4H,1-3H3. The van der Waals surface area contributed by atoms with E-state index in [0.717, 1.165) is 18.2 Å². The van der Waals surface area contributed by atoms with E-state index in [9.17, 15) is 22.4 Å². The molecular weight excluding hydrogens is 314 g/mol. The monoisotopic (exact) mass is 333 g/mol. The number of alkyl halides is 3. The lowest BCUT2D eigenvalue weighted by Gasteiger charge is -2.14. The van der Waals surface area contributed by atoms with Crippen molar-refractivity contribution in [1.82, 2.24) is 5.32 Å². The molecule has 128 valence electrons. The van der Waals surface area contributed by atoms with Gasteiger partial charge in [-0.05, 0) is 50.7 Å². The van der Waals surface area contributed by atoms with Crippen LogP contribution >= 0.6 is 0 Å². The Bertz CT molecular complexity index is 562. The molecule has 0 radical (unpaired) electrons. The second-order valence-electron chi connectivity index (χ2n) is 5.93. The Kier molecular flexibility index (Phi) is 6.18. The smallest absolute Gasteiger partial charge is 0.416 e. The summed E-state index contributed by atoms with van der Waals surface area (Å²) in [6.45, 7) is 6.35. The van der Waals surface area contributed by atoms with Gasteiger partial charge in [0.15, 0.2) is 0 Å². The lowest BCUT2D eigenvalue weighted by atomic mass is 9.97. The summed E-state index contributed by atoms with van der Waals surface area (Å²) >= 11 is 0. The van der Waals surface area contributed by atoms with E-state index in [1.165, 1.54) is 0 Å². The third kappa shape index (κ3) is 6.30. The largest absolute Gasteiger partial charge is 0.462 e. The highest BCUT2D eigenvalue weighted by Gasteiger charge is 2.32. The van der Waals surface area contributed by atoms with E-state index >= 15 is 0 Å². The van der Waals surface area contributed by atoms with Crippen LogP contribution in [0.25, 0.3) is 0 Å². The summed E-state index contributed by atoms with van der Waals surface area (Å²) in [4.78, 5) is 9.60. The molecule has 0 saturated carbocycles. The van der Waals surface area contributed by atoms with Gasteiger partial charge >= 0.3 is 6.18 Å². The highest BCUT2D eigenvalue weighted by atomic mass is 19.4. The predicted molar refractivity (Wildman–Crippen MR) is 78.2 cm³/mol. The van der Waals surface area contributed by atoms with Crippen molar-refractivity contribution in [2.45, 2.75) is 38.5 Å². The molecule has 0 amide bonds. The minimum Gasteiger partial charge on any atom is -0.462 e. The van der Waals surface area contributed by atoms with Gasteiger partial charge in [0, 0.05) is 12.5 Å².